The summed E-state index contributed by atoms with van der Waals surface area (Å²) in [4.78, 5) is 4.28. The van der Waals surface area contributed by atoms with Gasteiger partial charge in [-0.3, -0.25) is 4.98 Å². The predicted molar refractivity (Wildman–Crippen MR) is 75.1 cm³/mol. The minimum absolute atomic E-state index is 0.104. The molecule has 0 aliphatic carbocycles. The van der Waals surface area contributed by atoms with Gasteiger partial charge in [-0.25, -0.2) is 4.52 Å². The Bertz CT molecular complexity index is 702. The van der Waals surface area contributed by atoms with Crippen LogP contribution in [-0.2, 0) is 0 Å². The highest BCUT2D eigenvalue weighted by molar-refractivity contribution is 5.57. The SMILES string of the molecule is CNC(c1cncc(C)c1)c1cnn2ccccc12. The summed E-state index contributed by atoms with van der Waals surface area (Å²) < 4.78 is 1.89. The van der Waals surface area contributed by atoms with Gasteiger partial charge in [0.15, 0.2) is 0 Å². The fourth-order valence-electron chi connectivity index (χ4n) is 2.41. The molecule has 19 heavy (non-hydrogen) atoms. The topological polar surface area (TPSA) is 42.2 Å². The smallest absolute Gasteiger partial charge is 0.0712 e. The van der Waals surface area contributed by atoms with E-state index in [4.69, 9.17) is 0 Å². The molecule has 0 radical (unpaired) electrons. The van der Waals surface area contributed by atoms with Gasteiger partial charge in [0.05, 0.1) is 17.8 Å². The van der Waals surface area contributed by atoms with Gasteiger partial charge in [-0.2, -0.15) is 5.10 Å². The molecular weight excluding hydrogens is 236 g/mol. The zero-order chi connectivity index (χ0) is 13.2. The number of fused-ring (bicyclic) bond motifs is 1. The molecule has 0 bridgehead atoms. The van der Waals surface area contributed by atoms with Crippen LogP contribution in [0.5, 0.6) is 0 Å². The summed E-state index contributed by atoms with van der Waals surface area (Å²) in [6.07, 6.45) is 7.64. The van der Waals surface area contributed by atoms with Crippen LogP contribution in [0.3, 0.4) is 0 Å². The van der Waals surface area contributed by atoms with Crippen LogP contribution in [0, 0.1) is 6.92 Å². The lowest BCUT2D eigenvalue weighted by atomic mass is 10.0. The van der Waals surface area contributed by atoms with Crippen molar-refractivity contribution < 1.29 is 0 Å². The van der Waals surface area contributed by atoms with Crippen LogP contribution in [0.15, 0.2) is 49.1 Å². The zero-order valence-electron chi connectivity index (χ0n) is 11.0. The van der Waals surface area contributed by atoms with Crippen LogP contribution in [0.25, 0.3) is 5.52 Å². The lowest BCUT2D eigenvalue weighted by Crippen LogP contribution is -2.17. The number of aryl methyl sites for hydroxylation is 1. The van der Waals surface area contributed by atoms with Crippen molar-refractivity contribution in [2.24, 2.45) is 0 Å². The normalized spacial score (nSPS) is 12.7. The Morgan fingerprint density at radius 3 is 2.89 bits per heavy atom. The highest BCUT2D eigenvalue weighted by atomic mass is 15.2. The van der Waals surface area contributed by atoms with Crippen molar-refractivity contribution in [3.63, 3.8) is 0 Å². The molecule has 96 valence electrons. The first-order valence-electron chi connectivity index (χ1n) is 6.30. The van der Waals surface area contributed by atoms with Crippen molar-refractivity contribution in [3.8, 4) is 0 Å². The molecule has 1 N–H and O–H groups in total. The lowest BCUT2D eigenvalue weighted by molar-refractivity contribution is 0.692. The van der Waals surface area contributed by atoms with E-state index in [0.29, 0.717) is 0 Å². The third-order valence-corrected chi connectivity index (χ3v) is 3.29. The molecule has 0 amide bonds. The van der Waals surface area contributed by atoms with Gasteiger partial charge < -0.3 is 5.32 Å². The minimum Gasteiger partial charge on any atom is -0.309 e. The third kappa shape index (κ3) is 2.11. The molecule has 0 fully saturated rings. The van der Waals surface area contributed by atoms with Crippen molar-refractivity contribution in [2.45, 2.75) is 13.0 Å². The van der Waals surface area contributed by atoms with Crippen LogP contribution in [-0.4, -0.2) is 21.6 Å². The number of nitrogens with zero attached hydrogens (tertiary/aromatic N) is 3. The third-order valence-electron chi connectivity index (χ3n) is 3.29. The minimum atomic E-state index is 0.104. The lowest BCUT2D eigenvalue weighted by Gasteiger charge is -2.15. The molecule has 0 saturated carbocycles. The predicted octanol–water partition coefficient (Wildman–Crippen LogP) is 2.35. The molecule has 3 rings (SSSR count). The van der Waals surface area contributed by atoms with Crippen molar-refractivity contribution in [3.05, 3.63) is 65.7 Å². The maximum Gasteiger partial charge on any atom is 0.0712 e. The van der Waals surface area contributed by atoms with Crippen LogP contribution < -0.4 is 5.32 Å². The van der Waals surface area contributed by atoms with Gasteiger partial charge in [-0.1, -0.05) is 12.1 Å². The molecule has 1 atom stereocenters. The Kier molecular flexibility index (Phi) is 3.01. The molecule has 0 aliphatic heterocycles. The van der Waals surface area contributed by atoms with E-state index in [2.05, 4.69) is 34.5 Å². The molecular formula is C15H16N4. The molecule has 0 spiro atoms. The van der Waals surface area contributed by atoms with Crippen molar-refractivity contribution in [1.82, 2.24) is 19.9 Å². The fraction of sp³-hybridized carbons (Fsp3) is 0.200. The van der Waals surface area contributed by atoms with Crippen LogP contribution >= 0.6 is 0 Å². The van der Waals surface area contributed by atoms with E-state index in [-0.39, 0.29) is 6.04 Å². The van der Waals surface area contributed by atoms with Crippen molar-refractivity contribution >= 4 is 5.52 Å². The number of hydrogen-bond acceptors (Lipinski definition) is 3. The van der Waals surface area contributed by atoms with E-state index < -0.39 is 0 Å². The summed E-state index contributed by atoms with van der Waals surface area (Å²) in [5.41, 5.74) is 4.59. The first kappa shape index (κ1) is 11.9. The quantitative estimate of drug-likeness (QED) is 0.778. The number of nitrogens with one attached hydrogen (secondary N) is 1. The second kappa shape index (κ2) is 4.82. The molecule has 4 heteroatoms. The van der Waals surface area contributed by atoms with Crippen LogP contribution in [0.4, 0.5) is 0 Å². The molecule has 0 saturated heterocycles. The molecule has 3 heterocycles. The average molecular weight is 252 g/mol. The Hall–Kier alpha value is -2.20. The molecule has 4 nitrogen and oxygen atoms in total. The number of aromatic nitrogens is 3. The highest BCUT2D eigenvalue weighted by Gasteiger charge is 2.16. The van der Waals surface area contributed by atoms with E-state index in [1.807, 2.05) is 48.5 Å². The zero-order valence-corrected chi connectivity index (χ0v) is 11.0. The fourth-order valence-corrected chi connectivity index (χ4v) is 2.41. The largest absolute Gasteiger partial charge is 0.309 e. The van der Waals surface area contributed by atoms with E-state index in [1.54, 1.807) is 0 Å². The maximum absolute atomic E-state index is 4.39. The van der Waals surface area contributed by atoms with Gasteiger partial charge in [0, 0.05) is 24.2 Å². The molecule has 3 aromatic rings. The van der Waals surface area contributed by atoms with E-state index in [9.17, 15) is 0 Å². The summed E-state index contributed by atoms with van der Waals surface area (Å²) in [6.45, 7) is 2.05. The van der Waals surface area contributed by atoms with E-state index in [1.165, 1.54) is 0 Å². The number of hydrogen-bond donors (Lipinski definition) is 1. The van der Waals surface area contributed by atoms with Gasteiger partial charge in [-0.05, 0) is 37.2 Å². The second-order valence-electron chi connectivity index (χ2n) is 4.65. The maximum atomic E-state index is 4.39. The first-order valence-corrected chi connectivity index (χ1v) is 6.30. The van der Waals surface area contributed by atoms with E-state index >= 15 is 0 Å². The Morgan fingerprint density at radius 1 is 1.21 bits per heavy atom. The van der Waals surface area contributed by atoms with Crippen LogP contribution in [0.1, 0.15) is 22.7 Å². The van der Waals surface area contributed by atoms with Crippen molar-refractivity contribution in [1.29, 1.82) is 0 Å². The Labute approximate surface area is 112 Å². The number of pyridine rings is 2. The summed E-state index contributed by atoms with van der Waals surface area (Å²) in [6, 6.07) is 8.34. The summed E-state index contributed by atoms with van der Waals surface area (Å²) >= 11 is 0. The molecule has 3 aromatic heterocycles. The highest BCUT2D eigenvalue weighted by Crippen LogP contribution is 2.25. The van der Waals surface area contributed by atoms with Crippen molar-refractivity contribution in [2.75, 3.05) is 7.05 Å². The molecule has 0 aromatic carbocycles. The summed E-state index contributed by atoms with van der Waals surface area (Å²) in [7, 11) is 1.96. The van der Waals surface area contributed by atoms with Gasteiger partial charge in [0.2, 0.25) is 0 Å². The summed E-state index contributed by atoms with van der Waals surface area (Å²) in [5.74, 6) is 0. The van der Waals surface area contributed by atoms with Crippen LogP contribution in [0.2, 0.25) is 0 Å². The molecule has 1 unspecified atom stereocenters. The van der Waals surface area contributed by atoms with Gasteiger partial charge in [0.25, 0.3) is 0 Å². The summed E-state index contributed by atoms with van der Waals surface area (Å²) in [5, 5.41) is 7.74. The van der Waals surface area contributed by atoms with E-state index in [0.717, 1.165) is 22.2 Å². The Balaban J connectivity index is 2.12. The average Bonchev–Trinajstić information content (AvgIpc) is 2.84. The second-order valence-corrected chi connectivity index (χ2v) is 4.65. The number of rotatable bonds is 3. The standard InChI is InChI=1S/C15H16N4/c1-11-7-12(9-17-8-11)15(16-2)13-10-18-19-6-4-3-5-14(13)19/h3-10,15-16H,1-2H3. The van der Waals surface area contributed by atoms with Gasteiger partial charge >= 0.3 is 0 Å². The Morgan fingerprint density at radius 2 is 2.11 bits per heavy atom. The van der Waals surface area contributed by atoms with Gasteiger partial charge in [0.1, 0.15) is 0 Å². The monoisotopic (exact) mass is 252 g/mol. The molecule has 0 aliphatic rings. The first-order chi connectivity index (χ1) is 9.29. The van der Waals surface area contributed by atoms with Gasteiger partial charge in [-0.15, -0.1) is 0 Å².